The van der Waals surface area contributed by atoms with E-state index in [-0.39, 0.29) is 22.3 Å². The zero-order valence-corrected chi connectivity index (χ0v) is 30.0. The second-order valence-electron chi connectivity index (χ2n) is 13.9. The van der Waals surface area contributed by atoms with Crippen molar-refractivity contribution in [3.8, 4) is 23.0 Å². The third kappa shape index (κ3) is 5.84. The van der Waals surface area contributed by atoms with Crippen LogP contribution in [0, 0.1) is 0 Å². The standard InChI is InChI=1S/C42H30N4O10/c1-23(45-36(49)18-19-37(45)50)46-40(53)31-15-13-29(21-33(31)41(46)54)56-27-10-6-25(7-11-27)42(2,3)24-4-8-26(9-5-24)55-28-12-14-30-32(20-28)39(52)44(38(30)51)22-43-34(47)16-17-35(43)48/h4-21,23H,22H2,1-3H3. The summed E-state index contributed by atoms with van der Waals surface area (Å²) in [7, 11) is 0. The van der Waals surface area contributed by atoms with Crippen molar-refractivity contribution in [3.63, 3.8) is 0 Å². The maximum Gasteiger partial charge on any atom is 0.263 e. The summed E-state index contributed by atoms with van der Waals surface area (Å²) in [5.41, 5.74) is 1.98. The largest absolute Gasteiger partial charge is 0.457 e. The fourth-order valence-electron chi connectivity index (χ4n) is 7.03. The first-order valence-electron chi connectivity index (χ1n) is 17.4. The fourth-order valence-corrected chi connectivity index (χ4v) is 7.03. The van der Waals surface area contributed by atoms with Crippen molar-refractivity contribution < 1.29 is 47.8 Å². The molecule has 0 bridgehead atoms. The molecule has 0 radical (unpaired) electrons. The molecule has 0 saturated heterocycles. The van der Waals surface area contributed by atoms with Gasteiger partial charge in [-0.3, -0.25) is 58.0 Å². The van der Waals surface area contributed by atoms with Crippen molar-refractivity contribution in [3.05, 3.63) is 143 Å². The summed E-state index contributed by atoms with van der Waals surface area (Å²) in [4.78, 5) is 104. The minimum absolute atomic E-state index is 0.103. The van der Waals surface area contributed by atoms with Crippen molar-refractivity contribution >= 4 is 47.3 Å². The summed E-state index contributed by atoms with van der Waals surface area (Å²) >= 11 is 0. The summed E-state index contributed by atoms with van der Waals surface area (Å²) in [6.45, 7) is 5.08. The third-order valence-electron chi connectivity index (χ3n) is 10.2. The van der Waals surface area contributed by atoms with E-state index >= 15 is 0 Å². The van der Waals surface area contributed by atoms with Crippen LogP contribution in [0.1, 0.15) is 73.3 Å². The van der Waals surface area contributed by atoms with E-state index in [4.69, 9.17) is 9.47 Å². The van der Waals surface area contributed by atoms with Crippen molar-refractivity contribution in [2.24, 2.45) is 0 Å². The molecule has 56 heavy (non-hydrogen) atoms. The topological polar surface area (TPSA) is 168 Å². The van der Waals surface area contributed by atoms with Gasteiger partial charge in [-0.1, -0.05) is 38.1 Å². The van der Waals surface area contributed by atoms with Crippen LogP contribution in [0.5, 0.6) is 23.0 Å². The van der Waals surface area contributed by atoms with Gasteiger partial charge < -0.3 is 9.47 Å². The predicted molar refractivity (Wildman–Crippen MR) is 195 cm³/mol. The number of nitrogens with zero attached hydrogens (tertiary/aromatic N) is 4. The summed E-state index contributed by atoms with van der Waals surface area (Å²) in [6.07, 6.45) is 3.25. The van der Waals surface area contributed by atoms with Crippen LogP contribution < -0.4 is 9.47 Å². The molecular weight excluding hydrogens is 720 g/mol. The Labute approximate surface area is 318 Å². The minimum Gasteiger partial charge on any atom is -0.457 e. The number of rotatable bonds is 10. The van der Waals surface area contributed by atoms with Gasteiger partial charge >= 0.3 is 0 Å². The van der Waals surface area contributed by atoms with Gasteiger partial charge in [0.25, 0.3) is 47.3 Å². The van der Waals surface area contributed by atoms with Crippen LogP contribution >= 0.6 is 0 Å². The lowest BCUT2D eigenvalue weighted by molar-refractivity contribution is -0.142. The van der Waals surface area contributed by atoms with Gasteiger partial charge in [0.2, 0.25) is 0 Å². The van der Waals surface area contributed by atoms with Crippen molar-refractivity contribution in [2.75, 3.05) is 6.67 Å². The molecule has 0 aromatic heterocycles. The first-order valence-corrected chi connectivity index (χ1v) is 17.4. The highest BCUT2D eigenvalue weighted by Gasteiger charge is 2.44. The molecule has 1 atom stereocenters. The Morgan fingerprint density at radius 3 is 1.36 bits per heavy atom. The van der Waals surface area contributed by atoms with E-state index < -0.39 is 65.5 Å². The first-order chi connectivity index (χ1) is 26.7. The van der Waals surface area contributed by atoms with Crippen molar-refractivity contribution in [1.29, 1.82) is 0 Å². The van der Waals surface area contributed by atoms with Gasteiger partial charge in [0.1, 0.15) is 35.8 Å². The Balaban J connectivity index is 0.914. The number of fused-ring (bicyclic) bond motifs is 2. The molecule has 0 aliphatic carbocycles. The lowest BCUT2D eigenvalue weighted by atomic mass is 9.78. The second kappa shape index (κ2) is 13.1. The lowest BCUT2D eigenvalue weighted by Crippen LogP contribution is -2.51. The molecule has 14 heteroatoms. The van der Waals surface area contributed by atoms with Gasteiger partial charge in [0.05, 0.1) is 22.3 Å². The maximum atomic E-state index is 13.3. The van der Waals surface area contributed by atoms with E-state index in [0.29, 0.717) is 23.0 Å². The Morgan fingerprint density at radius 1 is 0.464 bits per heavy atom. The van der Waals surface area contributed by atoms with Crippen LogP contribution in [0.25, 0.3) is 0 Å². The summed E-state index contributed by atoms with van der Waals surface area (Å²) < 4.78 is 12.1. The molecule has 278 valence electrons. The van der Waals surface area contributed by atoms with Crippen LogP contribution in [-0.4, -0.2) is 79.7 Å². The van der Waals surface area contributed by atoms with E-state index in [1.54, 1.807) is 36.4 Å². The Kier molecular flexibility index (Phi) is 8.33. The number of carbonyl (C=O) groups excluding carboxylic acids is 8. The predicted octanol–water partition coefficient (Wildman–Crippen LogP) is 4.94. The molecule has 4 heterocycles. The Bertz CT molecular complexity index is 2480. The number of amides is 8. The average Bonchev–Trinajstić information content (AvgIpc) is 3.85. The van der Waals surface area contributed by atoms with Crippen LogP contribution in [-0.2, 0) is 24.6 Å². The molecule has 8 amide bonds. The number of ether oxygens (including phenoxy) is 2. The summed E-state index contributed by atoms with van der Waals surface area (Å²) in [6, 6.07) is 23.8. The normalized spacial score (nSPS) is 16.8. The molecule has 0 N–H and O–H groups in total. The molecule has 14 nitrogen and oxygen atoms in total. The van der Waals surface area contributed by atoms with E-state index in [1.807, 2.05) is 24.3 Å². The fraction of sp³-hybridized carbons (Fsp3) is 0.143. The van der Waals surface area contributed by atoms with Crippen molar-refractivity contribution in [1.82, 2.24) is 19.6 Å². The monoisotopic (exact) mass is 750 g/mol. The van der Waals surface area contributed by atoms with E-state index in [2.05, 4.69) is 13.8 Å². The molecule has 4 aromatic rings. The van der Waals surface area contributed by atoms with E-state index in [1.165, 1.54) is 31.2 Å². The van der Waals surface area contributed by atoms with E-state index in [0.717, 1.165) is 55.0 Å². The highest BCUT2D eigenvalue weighted by molar-refractivity contribution is 6.23. The molecule has 4 aromatic carbocycles. The number of hydrogen-bond acceptors (Lipinski definition) is 10. The van der Waals surface area contributed by atoms with Crippen LogP contribution in [0.4, 0.5) is 0 Å². The molecule has 0 fully saturated rings. The minimum atomic E-state index is -1.10. The summed E-state index contributed by atoms with van der Waals surface area (Å²) in [5.74, 6) is -3.28. The molecule has 4 aliphatic rings. The number of benzene rings is 4. The van der Waals surface area contributed by atoms with Crippen LogP contribution in [0.2, 0.25) is 0 Å². The highest BCUT2D eigenvalue weighted by Crippen LogP contribution is 2.37. The van der Waals surface area contributed by atoms with Gasteiger partial charge in [-0.05, 0) is 78.7 Å². The van der Waals surface area contributed by atoms with Gasteiger partial charge in [-0.2, -0.15) is 0 Å². The zero-order chi connectivity index (χ0) is 39.6. The quantitative estimate of drug-likeness (QED) is 0.203. The van der Waals surface area contributed by atoms with Gasteiger partial charge in [0.15, 0.2) is 0 Å². The first kappa shape index (κ1) is 35.5. The van der Waals surface area contributed by atoms with Gasteiger partial charge in [0, 0.05) is 29.7 Å². The summed E-state index contributed by atoms with van der Waals surface area (Å²) in [5, 5.41) is 0. The molecular formula is C42H30N4O10. The molecule has 1 unspecified atom stereocenters. The van der Waals surface area contributed by atoms with Gasteiger partial charge in [-0.25, -0.2) is 0 Å². The molecule has 8 rings (SSSR count). The Hall–Kier alpha value is -7.48. The number of carbonyl (C=O) groups is 8. The zero-order valence-electron chi connectivity index (χ0n) is 30.0. The van der Waals surface area contributed by atoms with Crippen molar-refractivity contribution in [2.45, 2.75) is 32.4 Å². The third-order valence-corrected chi connectivity index (χ3v) is 10.2. The lowest BCUT2D eigenvalue weighted by Gasteiger charge is -2.29. The van der Waals surface area contributed by atoms with Crippen LogP contribution in [0.15, 0.2) is 109 Å². The molecule has 4 aliphatic heterocycles. The SMILES string of the molecule is CC(N1C(=O)C=CC1=O)N1C(=O)c2ccc(Oc3ccc(C(C)(C)c4ccc(Oc5ccc6c(c5)C(=O)N(CN5C(=O)C=CC5=O)C6=O)cc4)cc3)cc2C1=O. The smallest absolute Gasteiger partial charge is 0.263 e. The highest BCUT2D eigenvalue weighted by atomic mass is 16.5. The van der Waals surface area contributed by atoms with Gasteiger partial charge in [-0.15, -0.1) is 0 Å². The number of imide groups is 4. The maximum absolute atomic E-state index is 13.3. The molecule has 0 saturated carbocycles. The Morgan fingerprint density at radius 2 is 0.857 bits per heavy atom. The number of hydrogen-bond donors (Lipinski definition) is 0. The van der Waals surface area contributed by atoms with Crippen LogP contribution in [0.3, 0.4) is 0 Å². The molecule has 0 spiro atoms. The average molecular weight is 751 g/mol. The second-order valence-corrected chi connectivity index (χ2v) is 13.9. The van der Waals surface area contributed by atoms with E-state index in [9.17, 15) is 38.4 Å².